The van der Waals surface area contributed by atoms with Crippen molar-refractivity contribution in [2.75, 3.05) is 32.6 Å². The van der Waals surface area contributed by atoms with Crippen molar-refractivity contribution in [2.45, 2.75) is 32.2 Å². The number of nitrogens with one attached hydrogen (secondary N) is 2. The molecule has 1 amide bonds. The second-order valence-electron chi connectivity index (χ2n) is 8.39. The smallest absolute Gasteiger partial charge is 0.246 e. The average Bonchev–Trinajstić information content (AvgIpc) is 3.27. The first-order valence-electron chi connectivity index (χ1n) is 11.0. The van der Waals surface area contributed by atoms with Crippen molar-refractivity contribution in [2.24, 2.45) is 4.99 Å². The van der Waals surface area contributed by atoms with E-state index < -0.39 is 9.84 Å². The quantitative estimate of drug-likeness (QED) is 0.436. The maximum atomic E-state index is 12.7. The lowest BCUT2D eigenvalue weighted by Crippen LogP contribution is -2.26. The van der Waals surface area contributed by atoms with Crippen molar-refractivity contribution in [1.29, 1.82) is 0 Å². The normalized spacial score (nSPS) is 13.8. The van der Waals surface area contributed by atoms with Crippen LogP contribution in [-0.4, -0.2) is 57.6 Å². The highest BCUT2D eigenvalue weighted by atomic mass is 32.2. The highest BCUT2D eigenvalue weighted by Crippen LogP contribution is 2.22. The molecule has 0 bridgehead atoms. The van der Waals surface area contributed by atoms with E-state index in [1.54, 1.807) is 18.0 Å². The van der Waals surface area contributed by atoms with Gasteiger partial charge >= 0.3 is 0 Å². The molecule has 1 aliphatic rings. The summed E-state index contributed by atoms with van der Waals surface area (Å²) >= 11 is 0. The number of aliphatic imine (C=N–C) groups is 1. The maximum absolute atomic E-state index is 12.7. The zero-order chi connectivity index (χ0) is 24.0. The number of carbonyl (C=O) groups excluding carboxylic acids is 1. The molecule has 1 aliphatic heterocycles. The number of hydrogen-bond acceptors (Lipinski definition) is 6. The van der Waals surface area contributed by atoms with Gasteiger partial charge in [-0.15, -0.1) is 0 Å². The van der Waals surface area contributed by atoms with Crippen LogP contribution in [0.4, 0.5) is 0 Å². The molecule has 0 radical (unpaired) electrons. The SMILES string of the molecule is Cc1cc(C)c(S(=O)(=O)CNC/C=C/C(=O)N(C)Cc2ccc(C3=NCCN3)cc2)c(C)c1. The number of amidine groups is 1. The summed E-state index contributed by atoms with van der Waals surface area (Å²) in [7, 11) is -1.72. The molecule has 8 heteroatoms. The Bertz CT molecular complexity index is 1150. The second-order valence-corrected chi connectivity index (χ2v) is 10.3. The molecule has 33 heavy (non-hydrogen) atoms. The molecule has 2 N–H and O–H groups in total. The van der Waals surface area contributed by atoms with Crippen molar-refractivity contribution in [3.63, 3.8) is 0 Å². The summed E-state index contributed by atoms with van der Waals surface area (Å²) < 4.78 is 25.5. The molecule has 7 nitrogen and oxygen atoms in total. The highest BCUT2D eigenvalue weighted by Gasteiger charge is 2.19. The van der Waals surface area contributed by atoms with Crippen molar-refractivity contribution >= 4 is 21.6 Å². The third-order valence-corrected chi connectivity index (χ3v) is 7.28. The molecule has 2 aromatic rings. The first-order chi connectivity index (χ1) is 15.7. The Morgan fingerprint density at radius 1 is 1.15 bits per heavy atom. The molecule has 0 atom stereocenters. The van der Waals surface area contributed by atoms with Crippen LogP contribution < -0.4 is 10.6 Å². The van der Waals surface area contributed by atoms with E-state index in [0.29, 0.717) is 11.4 Å². The Balaban J connectivity index is 1.47. The number of likely N-dealkylation sites (N-methyl/N-ethyl adjacent to an activating group) is 1. The molecule has 0 saturated heterocycles. The summed E-state index contributed by atoms with van der Waals surface area (Å²) in [6.45, 7) is 8.01. The van der Waals surface area contributed by atoms with Gasteiger partial charge in [0, 0.05) is 38.3 Å². The van der Waals surface area contributed by atoms with E-state index in [-0.39, 0.29) is 18.3 Å². The molecule has 0 aromatic heterocycles. The van der Waals surface area contributed by atoms with Crippen LogP contribution in [0.15, 0.2) is 58.4 Å². The van der Waals surface area contributed by atoms with Crippen molar-refractivity contribution in [3.05, 3.63) is 76.4 Å². The molecule has 0 unspecified atom stereocenters. The summed E-state index contributed by atoms with van der Waals surface area (Å²) in [5.74, 6) is 0.588. The van der Waals surface area contributed by atoms with Gasteiger partial charge in [0.25, 0.3) is 0 Å². The van der Waals surface area contributed by atoms with Crippen LogP contribution in [0, 0.1) is 20.8 Å². The number of aryl methyl sites for hydroxylation is 3. The van der Waals surface area contributed by atoms with Gasteiger partial charge in [-0.1, -0.05) is 48.0 Å². The number of rotatable bonds is 9. The van der Waals surface area contributed by atoms with Gasteiger partial charge in [0.15, 0.2) is 9.84 Å². The molecule has 0 fully saturated rings. The zero-order valence-corrected chi connectivity index (χ0v) is 20.5. The molecular weight excluding hydrogens is 436 g/mol. The summed E-state index contributed by atoms with van der Waals surface area (Å²) in [6, 6.07) is 11.7. The van der Waals surface area contributed by atoms with Crippen molar-refractivity contribution in [1.82, 2.24) is 15.5 Å². The molecule has 1 heterocycles. The first kappa shape index (κ1) is 24.7. The van der Waals surface area contributed by atoms with Crippen molar-refractivity contribution < 1.29 is 13.2 Å². The van der Waals surface area contributed by atoms with Gasteiger partial charge in [0.05, 0.1) is 11.4 Å². The molecular formula is C25H32N4O3S. The van der Waals surface area contributed by atoms with Gasteiger partial charge in [0.2, 0.25) is 5.91 Å². The van der Waals surface area contributed by atoms with E-state index in [9.17, 15) is 13.2 Å². The highest BCUT2D eigenvalue weighted by molar-refractivity contribution is 7.91. The van der Waals surface area contributed by atoms with E-state index >= 15 is 0 Å². The fraction of sp³-hybridized carbons (Fsp3) is 0.360. The van der Waals surface area contributed by atoms with Gasteiger partial charge < -0.3 is 10.2 Å². The minimum absolute atomic E-state index is 0.143. The van der Waals surface area contributed by atoms with Crippen LogP contribution in [0.3, 0.4) is 0 Å². The third kappa shape index (κ3) is 6.52. The molecule has 176 valence electrons. The van der Waals surface area contributed by atoms with Crippen LogP contribution >= 0.6 is 0 Å². The van der Waals surface area contributed by atoms with Crippen LogP contribution in [0.1, 0.15) is 27.8 Å². The van der Waals surface area contributed by atoms with E-state index in [4.69, 9.17) is 0 Å². The van der Waals surface area contributed by atoms with Crippen LogP contribution in [0.2, 0.25) is 0 Å². The Kier molecular flexibility index (Phi) is 8.05. The molecule has 3 rings (SSSR count). The van der Waals surface area contributed by atoms with Crippen LogP contribution in [0.5, 0.6) is 0 Å². The largest absolute Gasteiger partial charge is 0.368 e. The molecule has 0 aliphatic carbocycles. The fourth-order valence-electron chi connectivity index (χ4n) is 4.00. The average molecular weight is 469 g/mol. The number of sulfone groups is 1. The van der Waals surface area contributed by atoms with Gasteiger partial charge in [0.1, 0.15) is 11.7 Å². The molecule has 0 spiro atoms. The Morgan fingerprint density at radius 2 is 1.82 bits per heavy atom. The van der Waals surface area contributed by atoms with Crippen molar-refractivity contribution in [3.8, 4) is 0 Å². The second kappa shape index (κ2) is 10.8. The van der Waals surface area contributed by atoms with Gasteiger partial charge in [-0.25, -0.2) is 8.42 Å². The van der Waals surface area contributed by atoms with E-state index in [1.165, 1.54) is 6.08 Å². The predicted octanol–water partition coefficient (Wildman–Crippen LogP) is 2.50. The lowest BCUT2D eigenvalue weighted by atomic mass is 10.1. The topological polar surface area (TPSA) is 90.9 Å². The van der Waals surface area contributed by atoms with Crippen LogP contribution in [0.25, 0.3) is 0 Å². The predicted molar refractivity (Wildman–Crippen MR) is 132 cm³/mol. The summed E-state index contributed by atoms with van der Waals surface area (Å²) in [4.78, 5) is 18.8. The number of benzene rings is 2. The van der Waals surface area contributed by atoms with Gasteiger partial charge in [-0.05, 0) is 37.5 Å². The summed E-state index contributed by atoms with van der Waals surface area (Å²) in [5.41, 5.74) is 4.61. The van der Waals surface area contributed by atoms with Crippen LogP contribution in [-0.2, 0) is 21.2 Å². The Morgan fingerprint density at radius 3 is 2.42 bits per heavy atom. The molecule has 0 saturated carbocycles. The fourth-order valence-corrected chi connectivity index (χ4v) is 5.63. The third-order valence-electron chi connectivity index (χ3n) is 5.43. The number of hydrogen-bond donors (Lipinski definition) is 2. The minimum Gasteiger partial charge on any atom is -0.368 e. The van der Waals surface area contributed by atoms with E-state index in [0.717, 1.165) is 46.7 Å². The van der Waals surface area contributed by atoms with E-state index in [1.807, 2.05) is 57.2 Å². The lowest BCUT2D eigenvalue weighted by Gasteiger charge is -2.15. The lowest BCUT2D eigenvalue weighted by molar-refractivity contribution is -0.125. The number of carbonyl (C=O) groups is 1. The monoisotopic (exact) mass is 468 g/mol. The number of amides is 1. The Hall–Kier alpha value is -2.97. The summed E-state index contributed by atoms with van der Waals surface area (Å²) in [6.07, 6.45) is 3.11. The first-order valence-corrected chi connectivity index (χ1v) is 12.6. The zero-order valence-electron chi connectivity index (χ0n) is 19.7. The number of nitrogens with zero attached hydrogens (tertiary/aromatic N) is 2. The minimum atomic E-state index is -3.46. The van der Waals surface area contributed by atoms with E-state index in [2.05, 4.69) is 15.6 Å². The standard InChI is InChI=1S/C25H32N4O3S/c1-18-14-19(2)24(20(3)15-18)33(31,32)17-26-11-5-6-23(30)29(4)16-21-7-9-22(10-8-21)25-27-12-13-28-25/h5-10,14-15,26H,11-13,16-17H2,1-4H3,(H,27,28)/b6-5+. The molecule has 2 aromatic carbocycles. The summed E-state index contributed by atoms with van der Waals surface area (Å²) in [5, 5.41) is 6.15. The van der Waals surface area contributed by atoms with Gasteiger partial charge in [-0.2, -0.15) is 0 Å². The Labute approximate surface area is 196 Å². The maximum Gasteiger partial charge on any atom is 0.246 e. The van der Waals surface area contributed by atoms with Gasteiger partial charge in [-0.3, -0.25) is 15.1 Å².